The first kappa shape index (κ1) is 14.6. The van der Waals surface area contributed by atoms with Gasteiger partial charge in [0.2, 0.25) is 5.82 Å². The van der Waals surface area contributed by atoms with E-state index in [1.165, 1.54) is 17.2 Å². The van der Waals surface area contributed by atoms with Crippen molar-refractivity contribution in [2.75, 3.05) is 5.73 Å². The molecule has 0 spiro atoms. The van der Waals surface area contributed by atoms with Gasteiger partial charge >= 0.3 is 0 Å². The number of nitrogens with two attached hydrogens (primary N) is 1. The van der Waals surface area contributed by atoms with Crippen molar-refractivity contribution in [1.29, 1.82) is 0 Å². The number of aromatic nitrogens is 6. The lowest BCUT2D eigenvalue weighted by Gasteiger charge is -2.15. The molecule has 0 saturated heterocycles. The van der Waals surface area contributed by atoms with E-state index >= 15 is 0 Å². The fraction of sp³-hybridized carbons (Fsp3) is 0.250. The summed E-state index contributed by atoms with van der Waals surface area (Å²) in [5.41, 5.74) is 6.21. The van der Waals surface area contributed by atoms with Crippen molar-refractivity contribution in [2.45, 2.75) is 13.0 Å². The minimum atomic E-state index is -0.544. The average Bonchev–Trinajstić information content (AvgIpc) is 2.91. The summed E-state index contributed by atoms with van der Waals surface area (Å²) in [5.74, 6) is 0.267. The Kier molecular flexibility index (Phi) is 3.61. The highest BCUT2D eigenvalue weighted by Gasteiger charge is 2.20. The van der Waals surface area contributed by atoms with E-state index in [1.54, 1.807) is 14.0 Å². The van der Waals surface area contributed by atoms with Crippen molar-refractivity contribution in [2.24, 2.45) is 7.05 Å². The van der Waals surface area contributed by atoms with Gasteiger partial charge in [0.25, 0.3) is 0 Å². The molecular formula is C12H11BrFN7O. The fourth-order valence-corrected chi connectivity index (χ4v) is 2.38. The molecule has 3 aromatic rings. The average molecular weight is 368 g/mol. The summed E-state index contributed by atoms with van der Waals surface area (Å²) in [7, 11) is 1.64. The zero-order valence-corrected chi connectivity index (χ0v) is 13.2. The Morgan fingerprint density at radius 1 is 1.41 bits per heavy atom. The largest absolute Gasteiger partial charge is 0.482 e. The molecule has 0 aliphatic carbocycles. The van der Waals surface area contributed by atoms with Crippen molar-refractivity contribution in [3.63, 3.8) is 0 Å². The van der Waals surface area contributed by atoms with Gasteiger partial charge in [-0.2, -0.15) is 4.80 Å². The van der Waals surface area contributed by atoms with Crippen molar-refractivity contribution >= 4 is 32.7 Å². The van der Waals surface area contributed by atoms with Crippen LogP contribution in [-0.2, 0) is 7.05 Å². The third kappa shape index (κ3) is 2.45. The van der Waals surface area contributed by atoms with Gasteiger partial charge in [0, 0.05) is 6.07 Å². The number of rotatable bonds is 3. The van der Waals surface area contributed by atoms with Crippen LogP contribution < -0.4 is 10.5 Å². The monoisotopic (exact) mass is 367 g/mol. The van der Waals surface area contributed by atoms with Gasteiger partial charge in [0.15, 0.2) is 6.10 Å². The number of halogens is 2. The smallest absolute Gasteiger partial charge is 0.214 e. The van der Waals surface area contributed by atoms with Gasteiger partial charge in [0.05, 0.1) is 22.4 Å². The highest BCUT2D eigenvalue weighted by molar-refractivity contribution is 9.10. The molecule has 0 aliphatic heterocycles. The second-order valence-electron chi connectivity index (χ2n) is 4.55. The molecule has 1 aromatic carbocycles. The fourth-order valence-electron chi connectivity index (χ4n) is 1.97. The normalized spacial score (nSPS) is 12.5. The Morgan fingerprint density at radius 2 is 2.18 bits per heavy atom. The summed E-state index contributed by atoms with van der Waals surface area (Å²) in [6, 6.07) is 1.22. The van der Waals surface area contributed by atoms with Crippen molar-refractivity contribution in [3.05, 3.63) is 28.5 Å². The summed E-state index contributed by atoms with van der Waals surface area (Å²) >= 11 is 3.15. The van der Waals surface area contributed by atoms with E-state index in [4.69, 9.17) is 10.5 Å². The van der Waals surface area contributed by atoms with E-state index < -0.39 is 11.9 Å². The molecule has 2 heterocycles. The maximum atomic E-state index is 14.0. The van der Waals surface area contributed by atoms with E-state index in [9.17, 15) is 4.39 Å². The van der Waals surface area contributed by atoms with E-state index in [0.29, 0.717) is 16.7 Å². The molecule has 0 bridgehead atoms. The standard InChI is InChI=1S/C12H11BrFN7O/c1-5(12-18-20-21(2)19-12)22-7-3-6(14)9(13)10-8(7)11(15)17-4-16-10/h3-5H,1-2H3,(H2,15,16,17). The Hall–Kier alpha value is -2.36. The number of benzene rings is 1. The zero-order valence-electron chi connectivity index (χ0n) is 11.7. The molecule has 0 saturated carbocycles. The number of fused-ring (bicyclic) bond motifs is 1. The lowest BCUT2D eigenvalue weighted by Crippen LogP contribution is -2.08. The van der Waals surface area contributed by atoms with Crippen molar-refractivity contribution in [1.82, 2.24) is 30.2 Å². The topological polar surface area (TPSA) is 105 Å². The summed E-state index contributed by atoms with van der Waals surface area (Å²) in [5, 5.41) is 12.1. The number of nitrogens with zero attached hydrogens (tertiary/aromatic N) is 6. The predicted octanol–water partition coefficient (Wildman–Crippen LogP) is 1.78. The number of aryl methyl sites for hydroxylation is 1. The zero-order chi connectivity index (χ0) is 15.9. The van der Waals surface area contributed by atoms with Gasteiger partial charge in [-0.05, 0) is 28.1 Å². The number of hydrogen-bond acceptors (Lipinski definition) is 7. The minimum Gasteiger partial charge on any atom is -0.482 e. The quantitative estimate of drug-likeness (QED) is 0.751. The first-order valence-electron chi connectivity index (χ1n) is 6.26. The van der Waals surface area contributed by atoms with E-state index in [-0.39, 0.29) is 16.0 Å². The van der Waals surface area contributed by atoms with Crippen LogP contribution in [0.4, 0.5) is 10.2 Å². The summed E-state index contributed by atoms with van der Waals surface area (Å²) in [4.78, 5) is 9.27. The second kappa shape index (κ2) is 5.44. The maximum absolute atomic E-state index is 14.0. The second-order valence-corrected chi connectivity index (χ2v) is 5.34. The molecule has 0 fully saturated rings. The molecule has 114 valence electrons. The maximum Gasteiger partial charge on any atom is 0.214 e. The molecule has 0 radical (unpaired) electrons. The Labute approximate surface area is 132 Å². The highest BCUT2D eigenvalue weighted by Crippen LogP contribution is 2.36. The minimum absolute atomic E-state index is 0.194. The van der Waals surface area contributed by atoms with E-state index in [0.717, 1.165) is 0 Å². The summed E-state index contributed by atoms with van der Waals surface area (Å²) in [6.45, 7) is 1.72. The third-order valence-electron chi connectivity index (χ3n) is 2.99. The van der Waals surface area contributed by atoms with Gasteiger partial charge < -0.3 is 10.5 Å². The summed E-state index contributed by atoms with van der Waals surface area (Å²) < 4.78 is 20.0. The molecule has 22 heavy (non-hydrogen) atoms. The van der Waals surface area contributed by atoms with Gasteiger partial charge in [-0.25, -0.2) is 14.4 Å². The molecule has 3 rings (SSSR count). The van der Waals surface area contributed by atoms with Crippen molar-refractivity contribution < 1.29 is 9.13 Å². The number of anilines is 1. The lowest BCUT2D eigenvalue weighted by molar-refractivity contribution is 0.218. The van der Waals surface area contributed by atoms with E-state index in [2.05, 4.69) is 41.3 Å². The first-order chi connectivity index (χ1) is 10.5. The molecule has 0 aliphatic rings. The SMILES string of the molecule is CC(Oc1cc(F)c(Br)c2ncnc(N)c12)c1nnn(C)n1. The van der Waals surface area contributed by atoms with Crippen LogP contribution in [0.1, 0.15) is 18.9 Å². The molecule has 2 aromatic heterocycles. The van der Waals surface area contributed by atoms with Gasteiger partial charge in [0.1, 0.15) is 23.7 Å². The summed E-state index contributed by atoms with van der Waals surface area (Å²) in [6.07, 6.45) is 0.719. The highest BCUT2D eigenvalue weighted by atomic mass is 79.9. The molecule has 8 nitrogen and oxygen atoms in total. The van der Waals surface area contributed by atoms with Crippen LogP contribution in [0.25, 0.3) is 10.9 Å². The number of nitrogen functional groups attached to an aromatic ring is 1. The van der Waals surface area contributed by atoms with Crippen LogP contribution in [0.2, 0.25) is 0 Å². The number of tetrazole rings is 1. The number of ether oxygens (including phenoxy) is 1. The van der Waals surface area contributed by atoms with Crippen LogP contribution in [0.3, 0.4) is 0 Å². The molecule has 1 unspecified atom stereocenters. The van der Waals surface area contributed by atoms with Crippen LogP contribution >= 0.6 is 15.9 Å². The molecule has 1 atom stereocenters. The van der Waals surface area contributed by atoms with Crippen LogP contribution in [0.5, 0.6) is 5.75 Å². The van der Waals surface area contributed by atoms with Crippen LogP contribution in [-0.4, -0.2) is 30.2 Å². The Balaban J connectivity index is 2.09. The molecule has 2 N–H and O–H groups in total. The van der Waals surface area contributed by atoms with E-state index in [1.807, 2.05) is 0 Å². The molecule has 0 amide bonds. The first-order valence-corrected chi connectivity index (χ1v) is 7.05. The van der Waals surface area contributed by atoms with Gasteiger partial charge in [-0.3, -0.25) is 0 Å². The van der Waals surface area contributed by atoms with Crippen molar-refractivity contribution in [3.8, 4) is 5.75 Å². The molecule has 10 heteroatoms. The Bertz CT molecular complexity index is 853. The third-order valence-corrected chi connectivity index (χ3v) is 3.74. The van der Waals surface area contributed by atoms with Crippen LogP contribution in [0.15, 0.2) is 16.9 Å². The van der Waals surface area contributed by atoms with Crippen LogP contribution in [0, 0.1) is 5.82 Å². The van der Waals surface area contributed by atoms with Gasteiger partial charge in [-0.15, -0.1) is 10.2 Å². The lowest BCUT2D eigenvalue weighted by atomic mass is 10.2. The number of hydrogen-bond donors (Lipinski definition) is 1. The molecular weight excluding hydrogens is 357 g/mol. The predicted molar refractivity (Wildman–Crippen MR) is 79.4 cm³/mol. The Morgan fingerprint density at radius 3 is 2.86 bits per heavy atom. The van der Waals surface area contributed by atoms with Gasteiger partial charge in [-0.1, -0.05) is 0 Å².